The van der Waals surface area contributed by atoms with Gasteiger partial charge in [-0.05, 0) is 45.5 Å². The van der Waals surface area contributed by atoms with Gasteiger partial charge in [-0.15, -0.1) is 0 Å². The summed E-state index contributed by atoms with van der Waals surface area (Å²) in [5, 5.41) is 0. The lowest BCUT2D eigenvalue weighted by Gasteiger charge is -2.29. The Morgan fingerprint density at radius 2 is 2.29 bits per heavy atom. The molecule has 0 N–H and O–H groups in total. The minimum atomic E-state index is -0.200. The molecular weight excluding hydrogens is 214 g/mol. The minimum Gasteiger partial charge on any atom is -0.457 e. The largest absolute Gasteiger partial charge is 0.457 e. The van der Waals surface area contributed by atoms with Crippen LogP contribution >= 0.6 is 0 Å². The van der Waals surface area contributed by atoms with Crippen molar-refractivity contribution in [3.8, 4) is 0 Å². The quantitative estimate of drug-likeness (QED) is 0.734. The number of rotatable bonds is 2. The van der Waals surface area contributed by atoms with Gasteiger partial charge in [-0.1, -0.05) is 17.7 Å². The van der Waals surface area contributed by atoms with Crippen LogP contribution in [0.15, 0.2) is 24.3 Å². The molecule has 1 aliphatic heterocycles. The number of carbonyl (C=O) groups is 1. The lowest BCUT2D eigenvalue weighted by molar-refractivity contribution is 0.0108. The third kappa shape index (κ3) is 3.30. The molecule has 3 nitrogen and oxygen atoms in total. The van der Waals surface area contributed by atoms with E-state index in [2.05, 4.69) is 11.9 Å². The summed E-state index contributed by atoms with van der Waals surface area (Å²) in [6.07, 6.45) is 2.12. The maximum atomic E-state index is 11.9. The Hall–Kier alpha value is -1.35. The van der Waals surface area contributed by atoms with Crippen LogP contribution in [0.2, 0.25) is 0 Å². The highest BCUT2D eigenvalue weighted by Crippen LogP contribution is 2.14. The van der Waals surface area contributed by atoms with Crippen molar-refractivity contribution < 1.29 is 9.53 Å². The number of hydrogen-bond acceptors (Lipinski definition) is 3. The van der Waals surface area contributed by atoms with E-state index >= 15 is 0 Å². The van der Waals surface area contributed by atoms with Gasteiger partial charge in [-0.2, -0.15) is 0 Å². The van der Waals surface area contributed by atoms with Gasteiger partial charge in [0.2, 0.25) is 0 Å². The first-order chi connectivity index (χ1) is 8.15. The molecule has 1 fully saturated rings. The Kier molecular flexibility index (Phi) is 3.79. The number of nitrogens with zero attached hydrogens (tertiary/aromatic N) is 1. The number of esters is 1. The van der Waals surface area contributed by atoms with Crippen LogP contribution in [0.4, 0.5) is 0 Å². The van der Waals surface area contributed by atoms with E-state index in [1.807, 2.05) is 31.2 Å². The van der Waals surface area contributed by atoms with E-state index in [1.54, 1.807) is 0 Å². The van der Waals surface area contributed by atoms with Gasteiger partial charge in [-0.3, -0.25) is 0 Å². The predicted octanol–water partition coefficient (Wildman–Crippen LogP) is 2.25. The van der Waals surface area contributed by atoms with E-state index in [-0.39, 0.29) is 12.1 Å². The average molecular weight is 233 g/mol. The highest BCUT2D eigenvalue weighted by atomic mass is 16.5. The summed E-state index contributed by atoms with van der Waals surface area (Å²) in [6.45, 7) is 3.92. The fraction of sp³-hybridized carbons (Fsp3) is 0.500. The number of likely N-dealkylation sites (tertiary alicyclic amines) is 1. The van der Waals surface area contributed by atoms with Crippen molar-refractivity contribution in [1.29, 1.82) is 0 Å². The predicted molar refractivity (Wildman–Crippen MR) is 67.1 cm³/mol. The first-order valence-corrected chi connectivity index (χ1v) is 6.11. The smallest absolute Gasteiger partial charge is 0.338 e. The third-order valence-corrected chi connectivity index (χ3v) is 3.11. The van der Waals surface area contributed by atoms with Crippen LogP contribution in [0, 0.1) is 6.92 Å². The number of piperidine rings is 1. The van der Waals surface area contributed by atoms with Gasteiger partial charge in [0.15, 0.2) is 0 Å². The zero-order valence-electron chi connectivity index (χ0n) is 10.5. The van der Waals surface area contributed by atoms with E-state index in [9.17, 15) is 4.79 Å². The summed E-state index contributed by atoms with van der Waals surface area (Å²) in [6, 6.07) is 7.54. The lowest BCUT2D eigenvalue weighted by Crippen LogP contribution is -2.38. The molecule has 17 heavy (non-hydrogen) atoms. The molecule has 0 spiro atoms. The molecule has 1 aromatic carbocycles. The van der Waals surface area contributed by atoms with E-state index < -0.39 is 0 Å². The molecule has 1 aliphatic rings. The van der Waals surface area contributed by atoms with E-state index in [1.165, 1.54) is 0 Å². The molecule has 0 saturated carbocycles. The maximum absolute atomic E-state index is 11.9. The molecule has 1 aromatic rings. The van der Waals surface area contributed by atoms with Crippen molar-refractivity contribution in [2.24, 2.45) is 0 Å². The van der Waals surface area contributed by atoms with Crippen molar-refractivity contribution in [3.63, 3.8) is 0 Å². The first-order valence-electron chi connectivity index (χ1n) is 6.11. The van der Waals surface area contributed by atoms with E-state index in [0.29, 0.717) is 5.56 Å². The minimum absolute atomic E-state index is 0.0433. The molecular formula is C14H19NO2. The first kappa shape index (κ1) is 12.1. The van der Waals surface area contributed by atoms with Crippen LogP contribution in [0.3, 0.4) is 0 Å². The zero-order chi connectivity index (χ0) is 12.3. The van der Waals surface area contributed by atoms with Gasteiger partial charge in [0, 0.05) is 6.54 Å². The second-order valence-electron chi connectivity index (χ2n) is 4.80. The monoisotopic (exact) mass is 233 g/mol. The van der Waals surface area contributed by atoms with Gasteiger partial charge < -0.3 is 9.64 Å². The molecule has 0 bridgehead atoms. The SMILES string of the molecule is Cc1cccc(C(=O)O[C@H]2CCCN(C)C2)c1. The topological polar surface area (TPSA) is 29.5 Å². The Morgan fingerprint density at radius 3 is 3.00 bits per heavy atom. The van der Waals surface area contributed by atoms with Crippen LogP contribution in [-0.4, -0.2) is 37.1 Å². The van der Waals surface area contributed by atoms with Gasteiger partial charge in [0.05, 0.1) is 5.56 Å². The number of aryl methyl sites for hydroxylation is 1. The molecule has 3 heteroatoms. The highest BCUT2D eigenvalue weighted by Gasteiger charge is 2.21. The number of ether oxygens (including phenoxy) is 1. The van der Waals surface area contributed by atoms with Crippen LogP contribution in [0.1, 0.15) is 28.8 Å². The van der Waals surface area contributed by atoms with Crippen molar-refractivity contribution in [2.45, 2.75) is 25.9 Å². The maximum Gasteiger partial charge on any atom is 0.338 e. The van der Waals surface area contributed by atoms with Gasteiger partial charge in [0.1, 0.15) is 6.10 Å². The lowest BCUT2D eigenvalue weighted by atomic mass is 10.1. The molecule has 0 unspecified atom stereocenters. The number of likely N-dealkylation sites (N-methyl/N-ethyl adjacent to an activating group) is 1. The number of benzene rings is 1. The highest BCUT2D eigenvalue weighted by molar-refractivity contribution is 5.89. The Labute approximate surface area is 102 Å². The van der Waals surface area contributed by atoms with Gasteiger partial charge >= 0.3 is 5.97 Å². The summed E-state index contributed by atoms with van der Waals surface area (Å²) in [5.41, 5.74) is 1.73. The van der Waals surface area contributed by atoms with Crippen molar-refractivity contribution in [3.05, 3.63) is 35.4 Å². The molecule has 1 saturated heterocycles. The summed E-state index contributed by atoms with van der Waals surface area (Å²) >= 11 is 0. The van der Waals surface area contributed by atoms with Crippen LogP contribution in [0.25, 0.3) is 0 Å². The second kappa shape index (κ2) is 5.32. The van der Waals surface area contributed by atoms with Gasteiger partial charge in [-0.25, -0.2) is 4.79 Å². The van der Waals surface area contributed by atoms with Crippen LogP contribution in [0.5, 0.6) is 0 Å². The summed E-state index contributed by atoms with van der Waals surface area (Å²) in [4.78, 5) is 14.1. The molecule has 1 heterocycles. The molecule has 92 valence electrons. The molecule has 0 amide bonds. The van der Waals surface area contributed by atoms with Crippen LogP contribution < -0.4 is 0 Å². The van der Waals surface area contributed by atoms with Crippen molar-refractivity contribution in [1.82, 2.24) is 4.90 Å². The average Bonchev–Trinajstić information content (AvgIpc) is 2.29. The normalized spacial score (nSPS) is 21.2. The summed E-state index contributed by atoms with van der Waals surface area (Å²) in [5.74, 6) is -0.200. The van der Waals surface area contributed by atoms with Gasteiger partial charge in [0.25, 0.3) is 0 Å². The molecule has 0 aliphatic carbocycles. The zero-order valence-corrected chi connectivity index (χ0v) is 10.5. The Bertz CT molecular complexity index is 403. The van der Waals surface area contributed by atoms with Crippen molar-refractivity contribution >= 4 is 5.97 Å². The van der Waals surface area contributed by atoms with E-state index in [4.69, 9.17) is 4.74 Å². The molecule has 1 atom stereocenters. The molecule has 0 aromatic heterocycles. The summed E-state index contributed by atoms with van der Waals surface area (Å²) < 4.78 is 5.52. The fourth-order valence-corrected chi connectivity index (χ4v) is 2.21. The fourth-order valence-electron chi connectivity index (χ4n) is 2.21. The molecule has 2 rings (SSSR count). The summed E-state index contributed by atoms with van der Waals surface area (Å²) in [7, 11) is 2.06. The van der Waals surface area contributed by atoms with Crippen molar-refractivity contribution in [2.75, 3.05) is 20.1 Å². The standard InChI is InChI=1S/C14H19NO2/c1-11-5-3-6-12(9-11)14(16)17-13-7-4-8-15(2)10-13/h3,5-6,9,13H,4,7-8,10H2,1-2H3/t13-/m0/s1. The number of hydrogen-bond donors (Lipinski definition) is 0. The molecule has 0 radical (unpaired) electrons. The van der Waals surface area contributed by atoms with E-state index in [0.717, 1.165) is 31.5 Å². The second-order valence-corrected chi connectivity index (χ2v) is 4.80. The van der Waals surface area contributed by atoms with Crippen LogP contribution in [-0.2, 0) is 4.74 Å². The Balaban J connectivity index is 1.97. The third-order valence-electron chi connectivity index (χ3n) is 3.11. The Morgan fingerprint density at radius 1 is 1.47 bits per heavy atom. The number of carbonyl (C=O) groups excluding carboxylic acids is 1.